The van der Waals surface area contributed by atoms with Crippen LogP contribution in [0.15, 0.2) is 46.9 Å². The van der Waals surface area contributed by atoms with Gasteiger partial charge in [0.05, 0.1) is 4.92 Å². The molecule has 0 radical (unpaired) electrons. The van der Waals surface area contributed by atoms with Crippen LogP contribution in [0.25, 0.3) is 0 Å². The number of benzene rings is 2. The summed E-state index contributed by atoms with van der Waals surface area (Å²) in [4.78, 5) is 10.2. The Balaban J connectivity index is 2.07. The summed E-state index contributed by atoms with van der Waals surface area (Å²) in [5, 5.41) is 23.0. The maximum absolute atomic E-state index is 10.6. The first kappa shape index (κ1) is 13.4. The first-order valence-electron chi connectivity index (χ1n) is 5.52. The highest BCUT2D eigenvalue weighted by Gasteiger charge is 2.08. The molecule has 0 aliphatic heterocycles. The Hall–Kier alpha value is -2.08. The van der Waals surface area contributed by atoms with Crippen LogP contribution in [-0.2, 0) is 6.54 Å². The zero-order valence-corrected chi connectivity index (χ0v) is 11.4. The summed E-state index contributed by atoms with van der Waals surface area (Å²) in [6, 6.07) is 11.4. The van der Waals surface area contributed by atoms with E-state index in [-0.39, 0.29) is 11.4 Å². The van der Waals surface area contributed by atoms with Crippen molar-refractivity contribution in [2.24, 2.45) is 0 Å². The minimum Gasteiger partial charge on any atom is -0.508 e. The number of hydrogen-bond donors (Lipinski definition) is 2. The molecule has 6 heteroatoms. The molecule has 2 N–H and O–H groups in total. The molecule has 0 saturated heterocycles. The van der Waals surface area contributed by atoms with Gasteiger partial charge in [0.15, 0.2) is 0 Å². The second kappa shape index (κ2) is 5.71. The smallest absolute Gasteiger partial charge is 0.270 e. The van der Waals surface area contributed by atoms with E-state index in [1.54, 1.807) is 18.2 Å². The molecule has 0 spiro atoms. The third-order valence-electron chi connectivity index (χ3n) is 2.58. The Kier molecular flexibility index (Phi) is 4.01. The van der Waals surface area contributed by atoms with Crippen LogP contribution >= 0.6 is 15.9 Å². The molecule has 0 aliphatic rings. The number of phenols is 1. The summed E-state index contributed by atoms with van der Waals surface area (Å²) in [6.07, 6.45) is 0. The number of phenolic OH excluding ortho intramolecular Hbond substituents is 1. The van der Waals surface area contributed by atoms with Gasteiger partial charge in [-0.2, -0.15) is 0 Å². The van der Waals surface area contributed by atoms with Crippen LogP contribution in [0.3, 0.4) is 0 Å². The lowest BCUT2D eigenvalue weighted by Gasteiger charge is -2.08. The standard InChI is InChI=1S/C13H11BrN2O3/c14-12-7-10(16(18)19)3-6-13(12)15-8-9-1-4-11(17)5-2-9/h1-7,15,17H,8H2. The van der Waals surface area contributed by atoms with Gasteiger partial charge in [-0.05, 0) is 39.7 Å². The average Bonchev–Trinajstić information content (AvgIpc) is 2.39. The van der Waals surface area contributed by atoms with Crippen LogP contribution in [0.4, 0.5) is 11.4 Å². The lowest BCUT2D eigenvalue weighted by molar-refractivity contribution is -0.384. The van der Waals surface area contributed by atoms with Crippen molar-refractivity contribution in [2.45, 2.75) is 6.54 Å². The van der Waals surface area contributed by atoms with Gasteiger partial charge in [-0.3, -0.25) is 10.1 Å². The van der Waals surface area contributed by atoms with Crippen molar-refractivity contribution < 1.29 is 10.0 Å². The van der Waals surface area contributed by atoms with Crippen molar-refractivity contribution in [1.29, 1.82) is 0 Å². The van der Waals surface area contributed by atoms with Crippen molar-refractivity contribution >= 4 is 27.3 Å². The summed E-state index contributed by atoms with van der Waals surface area (Å²) in [5.41, 5.74) is 1.82. The monoisotopic (exact) mass is 322 g/mol. The van der Waals surface area contributed by atoms with Gasteiger partial charge in [-0.15, -0.1) is 0 Å². The normalized spacial score (nSPS) is 10.2. The van der Waals surface area contributed by atoms with Crippen molar-refractivity contribution in [3.05, 3.63) is 62.6 Å². The van der Waals surface area contributed by atoms with Gasteiger partial charge < -0.3 is 10.4 Å². The Morgan fingerprint density at radius 3 is 2.47 bits per heavy atom. The van der Waals surface area contributed by atoms with Gasteiger partial charge in [0, 0.05) is 28.8 Å². The molecule has 0 amide bonds. The molecule has 2 aromatic carbocycles. The fraction of sp³-hybridized carbons (Fsp3) is 0.0769. The molecule has 0 fully saturated rings. The van der Waals surface area contributed by atoms with Crippen LogP contribution in [-0.4, -0.2) is 10.0 Å². The van der Waals surface area contributed by atoms with Crippen LogP contribution in [0.2, 0.25) is 0 Å². The fourth-order valence-electron chi connectivity index (χ4n) is 1.57. The molecule has 2 aromatic rings. The van der Waals surface area contributed by atoms with Crippen molar-refractivity contribution in [2.75, 3.05) is 5.32 Å². The molecular weight excluding hydrogens is 312 g/mol. The van der Waals surface area contributed by atoms with Crippen molar-refractivity contribution in [3.63, 3.8) is 0 Å². The van der Waals surface area contributed by atoms with Crippen LogP contribution < -0.4 is 5.32 Å². The average molecular weight is 323 g/mol. The number of anilines is 1. The third-order valence-corrected chi connectivity index (χ3v) is 3.24. The first-order valence-corrected chi connectivity index (χ1v) is 6.31. The topological polar surface area (TPSA) is 75.4 Å². The van der Waals surface area contributed by atoms with Crippen LogP contribution in [0.1, 0.15) is 5.56 Å². The molecule has 0 heterocycles. The fourth-order valence-corrected chi connectivity index (χ4v) is 2.08. The molecule has 0 aromatic heterocycles. The number of nitrogens with zero attached hydrogens (tertiary/aromatic N) is 1. The van der Waals surface area contributed by atoms with E-state index in [2.05, 4.69) is 21.2 Å². The summed E-state index contributed by atoms with van der Waals surface area (Å²) in [7, 11) is 0. The Morgan fingerprint density at radius 1 is 1.21 bits per heavy atom. The van der Waals surface area contributed by atoms with Gasteiger partial charge in [-0.1, -0.05) is 12.1 Å². The molecule has 0 unspecified atom stereocenters. The van der Waals surface area contributed by atoms with E-state index < -0.39 is 4.92 Å². The van der Waals surface area contributed by atoms with E-state index >= 15 is 0 Å². The zero-order chi connectivity index (χ0) is 13.8. The van der Waals surface area contributed by atoms with Crippen molar-refractivity contribution in [3.8, 4) is 5.75 Å². The minimum absolute atomic E-state index is 0.0436. The minimum atomic E-state index is -0.436. The molecule has 98 valence electrons. The maximum Gasteiger partial charge on any atom is 0.270 e. The largest absolute Gasteiger partial charge is 0.508 e. The first-order chi connectivity index (χ1) is 9.06. The van der Waals surface area contributed by atoms with E-state index in [1.165, 1.54) is 12.1 Å². The third kappa shape index (κ3) is 3.45. The SMILES string of the molecule is O=[N+]([O-])c1ccc(NCc2ccc(O)cc2)c(Br)c1. The quantitative estimate of drug-likeness (QED) is 0.665. The molecule has 0 saturated carbocycles. The molecule has 2 rings (SSSR count). The van der Waals surface area contributed by atoms with Crippen LogP contribution in [0.5, 0.6) is 5.75 Å². The number of rotatable bonds is 4. The summed E-state index contributed by atoms with van der Waals surface area (Å²) in [5.74, 6) is 0.222. The van der Waals surface area contributed by atoms with E-state index in [0.717, 1.165) is 11.3 Å². The van der Waals surface area contributed by atoms with E-state index in [0.29, 0.717) is 11.0 Å². The maximum atomic E-state index is 10.6. The summed E-state index contributed by atoms with van der Waals surface area (Å²) in [6.45, 7) is 0.566. The summed E-state index contributed by atoms with van der Waals surface area (Å²) < 4.78 is 0.639. The second-order valence-corrected chi connectivity index (χ2v) is 4.80. The van der Waals surface area contributed by atoms with Gasteiger partial charge in [0.1, 0.15) is 5.75 Å². The van der Waals surface area contributed by atoms with E-state index in [4.69, 9.17) is 0 Å². The Bertz CT molecular complexity index is 599. The van der Waals surface area contributed by atoms with Crippen molar-refractivity contribution in [1.82, 2.24) is 0 Å². The highest BCUT2D eigenvalue weighted by atomic mass is 79.9. The zero-order valence-electron chi connectivity index (χ0n) is 9.84. The lowest BCUT2D eigenvalue weighted by Crippen LogP contribution is -2.00. The van der Waals surface area contributed by atoms with E-state index in [9.17, 15) is 15.2 Å². The second-order valence-electron chi connectivity index (χ2n) is 3.94. The predicted molar refractivity (Wildman–Crippen MR) is 76.2 cm³/mol. The molecule has 0 atom stereocenters. The molecule has 0 aliphatic carbocycles. The molecular formula is C13H11BrN2O3. The number of non-ortho nitro benzene ring substituents is 1. The highest BCUT2D eigenvalue weighted by Crippen LogP contribution is 2.27. The summed E-state index contributed by atoms with van der Waals surface area (Å²) >= 11 is 3.29. The van der Waals surface area contributed by atoms with Gasteiger partial charge in [0.25, 0.3) is 5.69 Å². The number of nitrogens with one attached hydrogen (secondary N) is 1. The Labute approximate surface area is 118 Å². The number of nitro groups is 1. The number of hydrogen-bond acceptors (Lipinski definition) is 4. The molecule has 5 nitrogen and oxygen atoms in total. The Morgan fingerprint density at radius 2 is 1.89 bits per heavy atom. The molecule has 0 bridgehead atoms. The predicted octanol–water partition coefficient (Wildman–Crippen LogP) is 3.68. The van der Waals surface area contributed by atoms with Gasteiger partial charge in [0.2, 0.25) is 0 Å². The number of aromatic hydroxyl groups is 1. The lowest BCUT2D eigenvalue weighted by atomic mass is 10.2. The number of halogens is 1. The number of nitro benzene ring substituents is 1. The van der Waals surface area contributed by atoms with Crippen LogP contribution in [0, 0.1) is 10.1 Å². The van der Waals surface area contributed by atoms with E-state index in [1.807, 2.05) is 12.1 Å². The van der Waals surface area contributed by atoms with Gasteiger partial charge >= 0.3 is 0 Å². The molecule has 19 heavy (non-hydrogen) atoms. The van der Waals surface area contributed by atoms with Gasteiger partial charge in [-0.25, -0.2) is 0 Å². The highest BCUT2D eigenvalue weighted by molar-refractivity contribution is 9.10.